The highest BCUT2D eigenvalue weighted by molar-refractivity contribution is 6.30. The van der Waals surface area contributed by atoms with Crippen LogP contribution < -0.4 is 5.32 Å². The highest BCUT2D eigenvalue weighted by atomic mass is 35.5. The van der Waals surface area contributed by atoms with Crippen molar-refractivity contribution in [3.63, 3.8) is 0 Å². The lowest BCUT2D eigenvalue weighted by Crippen LogP contribution is -2.33. The second-order valence-electron chi connectivity index (χ2n) is 8.44. The first kappa shape index (κ1) is 23.0. The van der Waals surface area contributed by atoms with Gasteiger partial charge in [0.05, 0.1) is 29.7 Å². The number of esters is 1. The topological polar surface area (TPSA) is 58.6 Å². The smallest absolute Gasteiger partial charge is 0.338 e. The summed E-state index contributed by atoms with van der Waals surface area (Å²) >= 11 is 6.12. The molecule has 0 saturated heterocycles. The van der Waals surface area contributed by atoms with Crippen LogP contribution in [0.4, 0.5) is 5.69 Å². The lowest BCUT2D eigenvalue weighted by molar-refractivity contribution is 0.0522. The van der Waals surface area contributed by atoms with E-state index in [1.807, 2.05) is 32.3 Å². The highest BCUT2D eigenvalue weighted by Crippen LogP contribution is 2.43. The zero-order valence-electron chi connectivity index (χ0n) is 19.0. The van der Waals surface area contributed by atoms with Crippen molar-refractivity contribution < 1.29 is 14.3 Å². The summed E-state index contributed by atoms with van der Waals surface area (Å²) in [5, 5.41) is 4.14. The molecule has 6 heteroatoms. The van der Waals surface area contributed by atoms with Crippen LogP contribution in [-0.2, 0) is 11.3 Å². The molecule has 1 aliphatic rings. The second-order valence-corrected chi connectivity index (χ2v) is 8.88. The summed E-state index contributed by atoms with van der Waals surface area (Å²) in [6, 6.07) is 20.6. The number of ether oxygens (including phenoxy) is 1. The Morgan fingerprint density at radius 3 is 2.30 bits per heavy atom. The Balaban J connectivity index is 1.81. The van der Waals surface area contributed by atoms with E-state index in [1.165, 1.54) is 5.56 Å². The number of nitrogens with zero attached hydrogens (tertiary/aromatic N) is 1. The van der Waals surface area contributed by atoms with Gasteiger partial charge in [0.1, 0.15) is 0 Å². The third-order valence-electron chi connectivity index (χ3n) is 5.80. The zero-order chi connectivity index (χ0) is 23.5. The van der Waals surface area contributed by atoms with E-state index in [1.54, 1.807) is 31.2 Å². The van der Waals surface area contributed by atoms with E-state index in [-0.39, 0.29) is 24.0 Å². The van der Waals surface area contributed by atoms with E-state index < -0.39 is 11.9 Å². The van der Waals surface area contributed by atoms with Crippen molar-refractivity contribution in [3.05, 3.63) is 99.6 Å². The average molecular weight is 463 g/mol. The number of ketones is 1. The van der Waals surface area contributed by atoms with Gasteiger partial charge in [-0.05, 0) is 62.0 Å². The summed E-state index contributed by atoms with van der Waals surface area (Å²) < 4.78 is 5.21. The number of rotatable bonds is 6. The Morgan fingerprint density at radius 2 is 1.67 bits per heavy atom. The number of carbonyl (C=O) groups is 2. The van der Waals surface area contributed by atoms with Crippen molar-refractivity contribution in [2.24, 2.45) is 0 Å². The van der Waals surface area contributed by atoms with Gasteiger partial charge < -0.3 is 15.0 Å². The molecule has 1 N–H and O–H groups in total. The lowest BCUT2D eigenvalue weighted by Gasteiger charge is -2.35. The molecule has 0 amide bonds. The first-order valence-corrected chi connectivity index (χ1v) is 11.4. The Bertz CT molecular complexity index is 1160. The molecule has 2 unspecified atom stereocenters. The van der Waals surface area contributed by atoms with Crippen LogP contribution in [0.2, 0.25) is 5.02 Å². The minimum Gasteiger partial charge on any atom is -0.462 e. The van der Waals surface area contributed by atoms with Crippen LogP contribution in [0, 0.1) is 0 Å². The Morgan fingerprint density at radius 1 is 1.00 bits per heavy atom. The first-order valence-electron chi connectivity index (χ1n) is 11.0. The van der Waals surface area contributed by atoms with Gasteiger partial charge in [-0.15, -0.1) is 0 Å². The van der Waals surface area contributed by atoms with Crippen molar-refractivity contribution >= 4 is 29.0 Å². The summed E-state index contributed by atoms with van der Waals surface area (Å²) in [5.74, 6) is -1.13. The number of fused-ring (bicyclic) bond motifs is 1. The van der Waals surface area contributed by atoms with Crippen LogP contribution >= 0.6 is 11.6 Å². The van der Waals surface area contributed by atoms with Crippen molar-refractivity contribution in [3.8, 4) is 0 Å². The monoisotopic (exact) mass is 462 g/mol. The average Bonchev–Trinajstić information content (AvgIpc) is 2.79. The summed E-state index contributed by atoms with van der Waals surface area (Å²) in [5.41, 5.74) is 4.32. The van der Waals surface area contributed by atoms with Crippen molar-refractivity contribution in [2.45, 2.75) is 25.4 Å². The number of hydrogen-bond acceptors (Lipinski definition) is 5. The van der Waals surface area contributed by atoms with E-state index in [2.05, 4.69) is 34.5 Å². The quantitative estimate of drug-likeness (QED) is 0.475. The minimum atomic E-state index is -0.523. The maximum absolute atomic E-state index is 13.9. The molecule has 1 heterocycles. The van der Waals surface area contributed by atoms with Crippen LogP contribution in [0.5, 0.6) is 0 Å². The van der Waals surface area contributed by atoms with Crippen molar-refractivity contribution in [2.75, 3.05) is 26.0 Å². The zero-order valence-corrected chi connectivity index (χ0v) is 19.7. The maximum Gasteiger partial charge on any atom is 0.338 e. The number of hydrogen-bond donors (Lipinski definition) is 1. The van der Waals surface area contributed by atoms with Gasteiger partial charge in [0.15, 0.2) is 5.78 Å². The standard InChI is InChI=1S/C27H27ClN2O3/c1-4-33-27(32)21-6-5-7-22-24(21)26(31)23(18-12-14-20(28)15-13-18)25(29-22)19-10-8-17(9-11-19)16-30(2)3/h5-15,23,25,29H,4,16H2,1-3H3. The molecule has 5 nitrogen and oxygen atoms in total. The van der Waals surface area contributed by atoms with Crippen LogP contribution in [0.3, 0.4) is 0 Å². The Kier molecular flexibility index (Phi) is 6.82. The molecule has 33 heavy (non-hydrogen) atoms. The predicted octanol–water partition coefficient (Wildman–Crippen LogP) is 5.71. The second kappa shape index (κ2) is 9.77. The third kappa shape index (κ3) is 4.80. The molecule has 0 saturated carbocycles. The molecular formula is C27H27ClN2O3. The fourth-order valence-electron chi connectivity index (χ4n) is 4.36. The van der Waals surface area contributed by atoms with E-state index in [0.29, 0.717) is 16.3 Å². The summed E-state index contributed by atoms with van der Waals surface area (Å²) in [6.45, 7) is 2.83. The van der Waals surface area contributed by atoms with Crippen LogP contribution in [-0.4, -0.2) is 37.4 Å². The van der Waals surface area contributed by atoms with Crippen molar-refractivity contribution in [1.82, 2.24) is 4.90 Å². The molecule has 0 bridgehead atoms. The molecular weight excluding hydrogens is 436 g/mol. The SMILES string of the molecule is CCOC(=O)c1cccc2c1C(=O)C(c1ccc(Cl)cc1)C(c1ccc(CN(C)C)cc1)N2. The Labute approximate surface area is 199 Å². The third-order valence-corrected chi connectivity index (χ3v) is 6.05. The van der Waals surface area contributed by atoms with Crippen LogP contribution in [0.1, 0.15) is 56.3 Å². The lowest BCUT2D eigenvalue weighted by atomic mass is 9.77. The number of carbonyl (C=O) groups excluding carboxylic acids is 2. The van der Waals surface area contributed by atoms with Crippen molar-refractivity contribution in [1.29, 1.82) is 0 Å². The number of benzene rings is 3. The largest absolute Gasteiger partial charge is 0.462 e. The van der Waals surface area contributed by atoms with Gasteiger partial charge in [-0.2, -0.15) is 0 Å². The molecule has 0 fully saturated rings. The van der Waals surface area contributed by atoms with Gasteiger partial charge in [0, 0.05) is 17.3 Å². The minimum absolute atomic E-state index is 0.114. The number of anilines is 1. The van der Waals surface area contributed by atoms with Gasteiger partial charge in [-0.3, -0.25) is 4.79 Å². The van der Waals surface area contributed by atoms with E-state index in [4.69, 9.17) is 16.3 Å². The number of halogens is 1. The summed E-state index contributed by atoms with van der Waals surface area (Å²) in [4.78, 5) is 28.7. The molecule has 3 aromatic rings. The van der Waals surface area contributed by atoms with Gasteiger partial charge >= 0.3 is 5.97 Å². The van der Waals surface area contributed by atoms with Gasteiger partial charge in [0.2, 0.25) is 0 Å². The van der Waals surface area contributed by atoms with E-state index >= 15 is 0 Å². The van der Waals surface area contributed by atoms with Gasteiger partial charge in [-0.1, -0.05) is 54.1 Å². The van der Waals surface area contributed by atoms with Crippen LogP contribution in [0.15, 0.2) is 66.7 Å². The predicted molar refractivity (Wildman–Crippen MR) is 131 cm³/mol. The Hall–Kier alpha value is -3.15. The molecule has 1 aliphatic heterocycles. The summed E-state index contributed by atoms with van der Waals surface area (Å²) in [6.07, 6.45) is 0. The number of Topliss-reactive ketones (excluding diaryl/α,β-unsaturated/α-hetero) is 1. The fraction of sp³-hybridized carbons (Fsp3) is 0.259. The number of nitrogens with one attached hydrogen (secondary N) is 1. The van der Waals surface area contributed by atoms with E-state index in [9.17, 15) is 9.59 Å². The molecule has 170 valence electrons. The molecule has 0 radical (unpaired) electrons. The molecule has 0 spiro atoms. The fourth-order valence-corrected chi connectivity index (χ4v) is 4.49. The molecule has 0 aromatic heterocycles. The molecule has 0 aliphatic carbocycles. The van der Waals surface area contributed by atoms with Gasteiger partial charge in [-0.25, -0.2) is 4.79 Å². The molecule has 3 aromatic carbocycles. The van der Waals surface area contributed by atoms with Crippen LogP contribution in [0.25, 0.3) is 0 Å². The normalized spacial score (nSPS) is 17.4. The molecule has 4 rings (SSSR count). The van der Waals surface area contributed by atoms with Gasteiger partial charge in [0.25, 0.3) is 0 Å². The highest BCUT2D eigenvalue weighted by Gasteiger charge is 2.39. The molecule has 2 atom stereocenters. The maximum atomic E-state index is 13.9. The summed E-state index contributed by atoms with van der Waals surface area (Å²) in [7, 11) is 4.06. The van der Waals surface area contributed by atoms with E-state index in [0.717, 1.165) is 17.7 Å². The first-order chi connectivity index (χ1) is 15.9.